The molecule has 0 aliphatic rings. The molecule has 102 valence electrons. The highest BCUT2D eigenvalue weighted by atomic mass is 32.2. The van der Waals surface area contributed by atoms with Crippen LogP contribution in [0.2, 0.25) is 0 Å². The predicted octanol–water partition coefficient (Wildman–Crippen LogP) is 3.44. The lowest BCUT2D eigenvalue weighted by Crippen LogP contribution is -1.97. The Morgan fingerprint density at radius 2 is 2.20 bits per heavy atom. The molecule has 20 heavy (non-hydrogen) atoms. The zero-order valence-electron chi connectivity index (χ0n) is 10.8. The Kier molecular flexibility index (Phi) is 6.08. The molecule has 0 amide bonds. The smallest absolute Gasteiger partial charge is 0.292 e. The fourth-order valence-corrected chi connectivity index (χ4v) is 2.14. The Morgan fingerprint density at radius 3 is 2.75 bits per heavy atom. The third-order valence-electron chi connectivity index (χ3n) is 2.25. The molecule has 0 aromatic heterocycles. The minimum Gasteiger partial charge on any atom is -0.354 e. The molecule has 0 spiro atoms. The van der Waals surface area contributed by atoms with Crippen molar-refractivity contribution >= 4 is 23.1 Å². The molecule has 1 N–H and O–H groups in total. The molecule has 6 nitrogen and oxygen atoms in total. The summed E-state index contributed by atoms with van der Waals surface area (Å²) in [6.07, 6.45) is 2.16. The quantitative estimate of drug-likeness (QED) is 0.372. The van der Waals surface area contributed by atoms with E-state index in [0.717, 1.165) is 23.3 Å². The van der Waals surface area contributed by atoms with Gasteiger partial charge < -0.3 is 5.32 Å². The summed E-state index contributed by atoms with van der Waals surface area (Å²) in [5, 5.41) is 30.9. The first-order valence-corrected chi connectivity index (χ1v) is 6.79. The summed E-state index contributed by atoms with van der Waals surface area (Å²) in [6.45, 7) is 2.05. The second-order valence-corrected chi connectivity index (χ2v) is 4.88. The summed E-state index contributed by atoms with van der Waals surface area (Å²) >= 11 is 1.59. The number of nitro groups is 1. The van der Waals surface area contributed by atoms with E-state index < -0.39 is 4.92 Å². The van der Waals surface area contributed by atoms with Crippen molar-refractivity contribution in [3.8, 4) is 12.1 Å². The molecule has 1 rings (SSSR count). The van der Waals surface area contributed by atoms with E-state index in [1.807, 2.05) is 6.92 Å². The minimum absolute atomic E-state index is 0.0997. The summed E-state index contributed by atoms with van der Waals surface area (Å²) < 4.78 is 0. The Hall–Kier alpha value is -2.51. The van der Waals surface area contributed by atoms with Crippen molar-refractivity contribution in [2.75, 3.05) is 11.1 Å². The first-order chi connectivity index (χ1) is 9.62. The highest BCUT2D eigenvalue weighted by molar-refractivity contribution is 7.99. The standard InChI is InChI=1S/C13H12N4O2S/c1-2-5-20-11-3-4-13(17(18)19)12(6-11)16-9-10(7-14)8-15/h3-4,6,9,16H,2,5H2,1H3. The normalized spacial score (nSPS) is 9.15. The van der Waals surface area contributed by atoms with E-state index in [2.05, 4.69) is 5.32 Å². The minimum atomic E-state index is -0.511. The Bertz CT molecular complexity index is 598. The van der Waals surface area contributed by atoms with E-state index in [1.165, 1.54) is 6.07 Å². The van der Waals surface area contributed by atoms with Crippen molar-refractivity contribution in [2.45, 2.75) is 18.2 Å². The van der Waals surface area contributed by atoms with E-state index in [9.17, 15) is 10.1 Å². The third-order valence-corrected chi connectivity index (χ3v) is 3.45. The molecule has 0 atom stereocenters. The first kappa shape index (κ1) is 15.5. The van der Waals surface area contributed by atoms with Gasteiger partial charge in [-0.1, -0.05) is 6.92 Å². The zero-order chi connectivity index (χ0) is 15.0. The molecule has 0 radical (unpaired) electrons. The van der Waals surface area contributed by atoms with Crippen LogP contribution in [0.5, 0.6) is 0 Å². The van der Waals surface area contributed by atoms with Crippen molar-refractivity contribution in [1.82, 2.24) is 0 Å². The zero-order valence-corrected chi connectivity index (χ0v) is 11.6. The van der Waals surface area contributed by atoms with Gasteiger partial charge in [-0.2, -0.15) is 10.5 Å². The van der Waals surface area contributed by atoms with Crippen LogP contribution in [0.1, 0.15) is 13.3 Å². The van der Waals surface area contributed by atoms with Gasteiger partial charge in [-0.3, -0.25) is 10.1 Å². The van der Waals surface area contributed by atoms with Gasteiger partial charge in [0.1, 0.15) is 23.4 Å². The first-order valence-electron chi connectivity index (χ1n) is 5.80. The number of nitrogens with zero attached hydrogens (tertiary/aromatic N) is 3. The summed E-state index contributed by atoms with van der Waals surface area (Å²) in [7, 11) is 0. The maximum atomic E-state index is 10.9. The van der Waals surface area contributed by atoms with Crippen LogP contribution >= 0.6 is 11.8 Å². The van der Waals surface area contributed by atoms with Crippen molar-refractivity contribution in [3.63, 3.8) is 0 Å². The van der Waals surface area contributed by atoms with Crippen LogP contribution in [-0.4, -0.2) is 10.7 Å². The van der Waals surface area contributed by atoms with Crippen LogP contribution in [0.15, 0.2) is 34.9 Å². The molecule has 0 unspecified atom stereocenters. The predicted molar refractivity (Wildman–Crippen MR) is 77.0 cm³/mol. The van der Waals surface area contributed by atoms with E-state index in [4.69, 9.17) is 10.5 Å². The Balaban J connectivity index is 3.07. The number of nitriles is 2. The van der Waals surface area contributed by atoms with Crippen LogP contribution in [0.25, 0.3) is 0 Å². The van der Waals surface area contributed by atoms with Crippen molar-refractivity contribution in [1.29, 1.82) is 10.5 Å². The number of anilines is 1. The Labute approximate surface area is 120 Å². The summed E-state index contributed by atoms with van der Waals surface area (Å²) in [6, 6.07) is 8.10. The van der Waals surface area contributed by atoms with Gasteiger partial charge in [0.15, 0.2) is 0 Å². The number of benzene rings is 1. The summed E-state index contributed by atoms with van der Waals surface area (Å²) in [5.74, 6) is 0.911. The van der Waals surface area contributed by atoms with E-state index in [-0.39, 0.29) is 16.9 Å². The van der Waals surface area contributed by atoms with Gasteiger partial charge >= 0.3 is 0 Å². The molecule has 1 aromatic rings. The van der Waals surface area contributed by atoms with Gasteiger partial charge in [-0.05, 0) is 24.3 Å². The number of nitro benzene ring substituents is 1. The monoisotopic (exact) mass is 288 g/mol. The molecule has 0 saturated heterocycles. The number of allylic oxidation sites excluding steroid dienone is 1. The molecule has 0 saturated carbocycles. The van der Waals surface area contributed by atoms with Crippen LogP contribution in [0.3, 0.4) is 0 Å². The van der Waals surface area contributed by atoms with Gasteiger partial charge in [0.05, 0.1) is 4.92 Å². The van der Waals surface area contributed by atoms with Crippen molar-refractivity contribution < 1.29 is 4.92 Å². The molecule has 0 fully saturated rings. The molecule has 0 heterocycles. The van der Waals surface area contributed by atoms with Crippen LogP contribution in [0.4, 0.5) is 11.4 Å². The maximum Gasteiger partial charge on any atom is 0.292 e. The molecule has 7 heteroatoms. The number of hydrogen-bond donors (Lipinski definition) is 1. The molecular formula is C13H12N4O2S. The number of thioether (sulfide) groups is 1. The fourth-order valence-electron chi connectivity index (χ4n) is 1.34. The third kappa shape index (κ3) is 4.30. The number of rotatable bonds is 6. The van der Waals surface area contributed by atoms with Gasteiger partial charge in [-0.25, -0.2) is 0 Å². The second kappa shape index (κ2) is 7.82. The van der Waals surface area contributed by atoms with Crippen molar-refractivity contribution in [3.05, 3.63) is 40.1 Å². The number of nitrogens with one attached hydrogen (secondary N) is 1. The van der Waals surface area contributed by atoms with Crippen LogP contribution in [-0.2, 0) is 0 Å². The lowest BCUT2D eigenvalue weighted by molar-refractivity contribution is -0.384. The molecule has 0 aliphatic heterocycles. The summed E-state index contributed by atoms with van der Waals surface area (Å²) in [4.78, 5) is 11.3. The molecule has 1 aromatic carbocycles. The van der Waals surface area contributed by atoms with Gasteiger partial charge in [0.2, 0.25) is 0 Å². The van der Waals surface area contributed by atoms with E-state index in [1.54, 1.807) is 36.0 Å². The van der Waals surface area contributed by atoms with Crippen LogP contribution < -0.4 is 5.32 Å². The average molecular weight is 288 g/mol. The molecular weight excluding hydrogens is 276 g/mol. The van der Waals surface area contributed by atoms with Crippen molar-refractivity contribution in [2.24, 2.45) is 0 Å². The van der Waals surface area contributed by atoms with Gasteiger partial charge in [0, 0.05) is 17.2 Å². The lowest BCUT2D eigenvalue weighted by Gasteiger charge is -2.05. The largest absolute Gasteiger partial charge is 0.354 e. The summed E-state index contributed by atoms with van der Waals surface area (Å²) in [5.41, 5.74) is 0.0161. The second-order valence-electron chi connectivity index (χ2n) is 3.71. The van der Waals surface area contributed by atoms with Gasteiger partial charge in [-0.15, -0.1) is 11.8 Å². The number of hydrogen-bond acceptors (Lipinski definition) is 6. The lowest BCUT2D eigenvalue weighted by atomic mass is 10.2. The highest BCUT2D eigenvalue weighted by Crippen LogP contribution is 2.30. The highest BCUT2D eigenvalue weighted by Gasteiger charge is 2.13. The maximum absolute atomic E-state index is 10.9. The Morgan fingerprint density at radius 1 is 1.50 bits per heavy atom. The van der Waals surface area contributed by atoms with Gasteiger partial charge in [0.25, 0.3) is 5.69 Å². The fraction of sp³-hybridized carbons (Fsp3) is 0.231. The topological polar surface area (TPSA) is 103 Å². The molecule has 0 bridgehead atoms. The SMILES string of the molecule is CCCSc1ccc([N+](=O)[O-])c(NC=C(C#N)C#N)c1. The van der Waals surface area contributed by atoms with Crippen LogP contribution in [0, 0.1) is 32.8 Å². The van der Waals surface area contributed by atoms with E-state index in [0.29, 0.717) is 0 Å². The van der Waals surface area contributed by atoms with E-state index >= 15 is 0 Å². The average Bonchev–Trinajstić information content (AvgIpc) is 2.46. The molecule has 0 aliphatic carbocycles.